The molecule has 212 valence electrons. The van der Waals surface area contributed by atoms with Crippen molar-refractivity contribution in [2.24, 2.45) is 10.1 Å². The van der Waals surface area contributed by atoms with Crippen molar-refractivity contribution in [1.29, 1.82) is 0 Å². The van der Waals surface area contributed by atoms with Gasteiger partial charge in [-0.3, -0.25) is 14.5 Å². The van der Waals surface area contributed by atoms with Gasteiger partial charge in [-0.25, -0.2) is 4.79 Å². The minimum Gasteiger partial charge on any atom is -0.477 e. The second-order valence-corrected chi connectivity index (χ2v) is 13.6. The van der Waals surface area contributed by atoms with Gasteiger partial charge in [-0.2, -0.15) is 13.9 Å². The lowest BCUT2D eigenvalue weighted by molar-refractivity contribution is -0.590. The number of nitrogens with two attached hydrogens (primary N) is 1. The van der Waals surface area contributed by atoms with E-state index >= 15 is 0 Å². The number of aromatic nitrogens is 3. The number of aryl methyl sites for hydroxylation is 1. The number of pyridine rings is 1. The summed E-state index contributed by atoms with van der Waals surface area (Å²) >= 11 is 5.34. The van der Waals surface area contributed by atoms with Crippen molar-refractivity contribution in [1.82, 2.24) is 19.6 Å². The van der Waals surface area contributed by atoms with Gasteiger partial charge < -0.3 is 21.4 Å². The minimum atomic E-state index is -1.20. The average Bonchev–Trinajstić information content (AvgIpc) is 3.64. The fourth-order valence-corrected chi connectivity index (χ4v) is 8.90. The van der Waals surface area contributed by atoms with Crippen LogP contribution in [-0.2, 0) is 27.2 Å². The summed E-state index contributed by atoms with van der Waals surface area (Å²) in [7, 11) is 0. The maximum atomic E-state index is 13.0. The van der Waals surface area contributed by atoms with Crippen LogP contribution in [0.5, 0.6) is 0 Å². The molecule has 0 radical (unpaired) electrons. The highest BCUT2D eigenvalue weighted by Gasteiger charge is 2.54. The Labute approximate surface area is 250 Å². The van der Waals surface area contributed by atoms with Crippen LogP contribution in [0.1, 0.15) is 23.5 Å². The van der Waals surface area contributed by atoms with E-state index in [-0.39, 0.29) is 21.2 Å². The third kappa shape index (κ3) is 5.22. The molecule has 41 heavy (non-hydrogen) atoms. The molecule has 1 aliphatic carbocycles. The molecule has 0 bridgehead atoms. The number of carboxylic acid groups (broad SMARTS) is 1. The van der Waals surface area contributed by atoms with Crippen LogP contribution in [-0.4, -0.2) is 81.8 Å². The number of rotatable bonds is 8. The second kappa shape index (κ2) is 11.5. The highest BCUT2D eigenvalue weighted by atomic mass is 32.2. The highest BCUT2D eigenvalue weighted by molar-refractivity contribution is 8.19. The summed E-state index contributed by atoms with van der Waals surface area (Å²) in [6, 6.07) is 3.21. The smallest absolute Gasteiger partial charge is 0.352 e. The zero-order valence-electron chi connectivity index (χ0n) is 21.2. The number of hydrogen-bond acceptors (Lipinski definition) is 13. The number of thioether (sulfide) groups is 3. The number of nitrogens with one attached hydrogen (secondary N) is 1. The van der Waals surface area contributed by atoms with Gasteiger partial charge in [-0.1, -0.05) is 16.2 Å². The number of carboxylic acids is 1. The number of hydrogen-bond donors (Lipinski definition) is 4. The number of amides is 2. The number of oxime groups is 1. The molecule has 2 unspecified atom stereocenters. The Morgan fingerprint density at radius 1 is 1.34 bits per heavy atom. The monoisotopic (exact) mass is 631 g/mol. The number of anilines is 1. The third-order valence-electron chi connectivity index (χ3n) is 6.86. The molecule has 5 heterocycles. The number of fused-ring (bicyclic) bond motifs is 2. The van der Waals surface area contributed by atoms with E-state index in [1.165, 1.54) is 27.9 Å². The second-order valence-electron chi connectivity index (χ2n) is 9.30. The molecule has 13 nitrogen and oxygen atoms in total. The molecule has 2 aromatic heterocycles. The van der Waals surface area contributed by atoms with Crippen molar-refractivity contribution in [3.8, 4) is 0 Å². The van der Waals surface area contributed by atoms with Crippen LogP contribution >= 0.6 is 46.8 Å². The van der Waals surface area contributed by atoms with Gasteiger partial charge in [0.25, 0.3) is 11.8 Å². The van der Waals surface area contributed by atoms with Crippen LogP contribution in [0.2, 0.25) is 0 Å². The number of aliphatic imine (C=N–C) groups is 1. The van der Waals surface area contributed by atoms with Crippen LogP contribution in [0.4, 0.5) is 5.13 Å². The first kappa shape index (κ1) is 27.7. The fraction of sp³-hybridized carbons (Fsp3) is 0.333. The molecular weight excluding hydrogens is 609 g/mol. The SMILES string of the molecule is Nc1nc(/C(=N/O)C(=O)N[C@@H]2C(=O)N3C(C(=O)O)=C(CSC4C=NC([n+]5cccc6c5CCC6)=CS4)CSC23)ns1. The molecule has 2 amide bonds. The van der Waals surface area contributed by atoms with E-state index in [1.807, 2.05) is 23.9 Å². The summed E-state index contributed by atoms with van der Waals surface area (Å²) in [6.45, 7) is 0. The van der Waals surface area contributed by atoms with Crippen molar-refractivity contribution in [3.63, 3.8) is 0 Å². The van der Waals surface area contributed by atoms with Gasteiger partial charge in [-0.05, 0) is 30.0 Å². The van der Waals surface area contributed by atoms with Crippen molar-refractivity contribution in [2.75, 3.05) is 17.2 Å². The van der Waals surface area contributed by atoms with Gasteiger partial charge in [0.15, 0.2) is 5.13 Å². The lowest BCUT2D eigenvalue weighted by Crippen LogP contribution is -2.71. The third-order valence-corrected chi connectivity index (χ3v) is 11.2. The fourth-order valence-electron chi connectivity index (χ4n) is 5.00. The molecule has 4 aliphatic rings. The Hall–Kier alpha value is -3.41. The maximum Gasteiger partial charge on any atom is 0.352 e. The molecule has 17 heteroatoms. The van der Waals surface area contributed by atoms with Gasteiger partial charge in [-0.15, -0.1) is 35.3 Å². The summed E-state index contributed by atoms with van der Waals surface area (Å²) in [6.07, 6.45) is 7.17. The van der Waals surface area contributed by atoms with Gasteiger partial charge in [0.1, 0.15) is 33.6 Å². The molecule has 0 aromatic carbocycles. The van der Waals surface area contributed by atoms with Crippen molar-refractivity contribution in [3.05, 3.63) is 52.1 Å². The van der Waals surface area contributed by atoms with Gasteiger partial charge in [0.2, 0.25) is 11.5 Å². The van der Waals surface area contributed by atoms with Crippen molar-refractivity contribution >= 4 is 87.5 Å². The molecule has 1 fully saturated rings. The van der Waals surface area contributed by atoms with E-state index in [2.05, 4.69) is 35.5 Å². The maximum absolute atomic E-state index is 13.0. The van der Waals surface area contributed by atoms with Crippen molar-refractivity contribution < 1.29 is 29.3 Å². The average molecular weight is 632 g/mol. The van der Waals surface area contributed by atoms with E-state index in [0.29, 0.717) is 17.1 Å². The number of nitrogens with zero attached hydrogens (tertiary/aromatic N) is 6. The quantitative estimate of drug-likeness (QED) is 0.108. The van der Waals surface area contributed by atoms with E-state index in [1.54, 1.807) is 23.5 Å². The molecule has 5 N–H and O–H groups in total. The minimum absolute atomic E-state index is 0.00921. The summed E-state index contributed by atoms with van der Waals surface area (Å²) in [5.41, 5.74) is 8.26. The number of β-lactam (4-membered cyclic amide) rings is 1. The molecule has 3 aliphatic heterocycles. The Kier molecular flexibility index (Phi) is 7.76. The lowest BCUT2D eigenvalue weighted by Gasteiger charge is -2.49. The summed E-state index contributed by atoms with van der Waals surface area (Å²) in [5.74, 6) is -1.16. The first-order valence-electron chi connectivity index (χ1n) is 12.4. The van der Waals surface area contributed by atoms with E-state index in [4.69, 9.17) is 5.73 Å². The Bertz CT molecular complexity index is 1570. The standard InChI is InChI=1S/C24H22N8O5S4/c25-24-28-19(30-41-24)16(29-37)20(33)27-17-21(34)32-18(23(35)36)12(9-40-22(17)32)8-38-15-7-26-14(10-39-15)31-6-2-4-11-3-1-5-13(11)31/h2,4,6-7,10,15,17,22H,1,3,5,8-9H2,(H4-,25,27,28,30,33,35,36,37)/p+1/t15?,17-,22?/m1/s1. The van der Waals surface area contributed by atoms with E-state index in [0.717, 1.165) is 36.6 Å². The number of carbonyl (C=O) groups excluding carboxylic acids is 2. The lowest BCUT2D eigenvalue weighted by atomic mass is 10.0. The van der Waals surface area contributed by atoms with E-state index < -0.39 is 34.9 Å². The Balaban J connectivity index is 1.10. The predicted octanol–water partition coefficient (Wildman–Crippen LogP) is 1.15. The van der Waals surface area contributed by atoms with Crippen LogP contribution < -0.4 is 15.6 Å². The summed E-state index contributed by atoms with van der Waals surface area (Å²) in [4.78, 5) is 47.6. The van der Waals surface area contributed by atoms with Crippen molar-refractivity contribution in [2.45, 2.75) is 35.3 Å². The molecular formula is C24H23N8O5S4+. The van der Waals surface area contributed by atoms with E-state index in [9.17, 15) is 24.7 Å². The van der Waals surface area contributed by atoms with Crippen LogP contribution in [0.3, 0.4) is 0 Å². The Morgan fingerprint density at radius 3 is 2.90 bits per heavy atom. The molecule has 1 saturated heterocycles. The largest absolute Gasteiger partial charge is 0.477 e. The first-order valence-corrected chi connectivity index (χ1v) is 16.2. The number of carbonyl (C=O) groups is 3. The van der Waals surface area contributed by atoms with Crippen LogP contribution in [0.15, 0.2) is 45.2 Å². The molecule has 0 saturated carbocycles. The Morgan fingerprint density at radius 2 is 2.20 bits per heavy atom. The van der Waals surface area contributed by atoms with Gasteiger partial charge >= 0.3 is 11.8 Å². The van der Waals surface area contributed by atoms with Crippen LogP contribution in [0, 0.1) is 0 Å². The zero-order chi connectivity index (χ0) is 28.7. The van der Waals surface area contributed by atoms with Gasteiger partial charge in [0, 0.05) is 29.5 Å². The highest BCUT2D eigenvalue weighted by Crippen LogP contribution is 2.42. The number of nitrogen functional groups attached to an aromatic ring is 1. The normalized spacial score (nSPS) is 23.6. The molecule has 3 atom stereocenters. The molecule has 6 rings (SSSR count). The molecule has 0 spiro atoms. The predicted molar refractivity (Wildman–Crippen MR) is 158 cm³/mol. The summed E-state index contributed by atoms with van der Waals surface area (Å²) < 4.78 is 5.98. The first-order chi connectivity index (χ1) is 19.9. The number of aliphatic carboxylic acids is 1. The topological polar surface area (TPSA) is 187 Å². The molecule has 2 aromatic rings. The summed E-state index contributed by atoms with van der Waals surface area (Å²) in [5, 5.41) is 26.2. The zero-order valence-corrected chi connectivity index (χ0v) is 24.4. The van der Waals surface area contributed by atoms with Gasteiger partial charge in [0.05, 0.1) is 11.6 Å². The van der Waals surface area contributed by atoms with Crippen LogP contribution in [0.25, 0.3) is 5.82 Å².